The SMILES string of the molecule is O=C(c1cc(-c2ccncc2)n[nH]1)N1CCN(C2CCSCC2)CC1. The Labute approximate surface area is 152 Å². The highest BCUT2D eigenvalue weighted by Crippen LogP contribution is 2.23. The van der Waals surface area contributed by atoms with Crippen LogP contribution in [0.2, 0.25) is 0 Å². The Morgan fingerprint density at radius 3 is 2.56 bits per heavy atom. The minimum atomic E-state index is 0.0478. The third-order valence-electron chi connectivity index (χ3n) is 5.09. The van der Waals surface area contributed by atoms with Crippen LogP contribution in [-0.4, -0.2) is 74.6 Å². The van der Waals surface area contributed by atoms with E-state index >= 15 is 0 Å². The average molecular weight is 357 g/mol. The maximum Gasteiger partial charge on any atom is 0.271 e. The molecule has 2 aromatic heterocycles. The molecule has 0 aliphatic carbocycles. The maximum absolute atomic E-state index is 12.7. The second-order valence-corrected chi connectivity index (χ2v) is 7.80. The van der Waals surface area contributed by atoms with E-state index in [1.807, 2.05) is 23.1 Å². The van der Waals surface area contributed by atoms with E-state index in [0.29, 0.717) is 11.7 Å². The Hall–Kier alpha value is -1.86. The molecule has 2 aliphatic rings. The number of carbonyl (C=O) groups excluding carboxylic acids is 1. The van der Waals surface area contributed by atoms with Crippen molar-refractivity contribution in [1.29, 1.82) is 0 Å². The lowest BCUT2D eigenvalue weighted by Crippen LogP contribution is -2.52. The van der Waals surface area contributed by atoms with Crippen molar-refractivity contribution < 1.29 is 4.79 Å². The zero-order valence-corrected chi connectivity index (χ0v) is 15.0. The van der Waals surface area contributed by atoms with Crippen LogP contribution in [0.15, 0.2) is 30.6 Å². The van der Waals surface area contributed by atoms with Crippen LogP contribution < -0.4 is 0 Å². The quantitative estimate of drug-likeness (QED) is 0.912. The summed E-state index contributed by atoms with van der Waals surface area (Å²) in [5, 5.41) is 7.18. The number of amides is 1. The first-order valence-corrected chi connectivity index (χ1v) is 10.0. The molecule has 0 aromatic carbocycles. The molecule has 7 heteroatoms. The Balaban J connectivity index is 1.37. The smallest absolute Gasteiger partial charge is 0.271 e. The van der Waals surface area contributed by atoms with Crippen molar-refractivity contribution in [2.75, 3.05) is 37.7 Å². The van der Waals surface area contributed by atoms with Crippen LogP contribution in [0.5, 0.6) is 0 Å². The summed E-state index contributed by atoms with van der Waals surface area (Å²) in [6.45, 7) is 3.55. The van der Waals surface area contributed by atoms with Gasteiger partial charge in [-0.25, -0.2) is 0 Å². The molecule has 6 nitrogen and oxygen atoms in total. The van der Waals surface area contributed by atoms with Gasteiger partial charge in [-0.05, 0) is 42.5 Å². The third-order valence-corrected chi connectivity index (χ3v) is 6.14. The highest BCUT2D eigenvalue weighted by molar-refractivity contribution is 7.99. The normalized spacial score (nSPS) is 19.9. The molecule has 0 bridgehead atoms. The molecular formula is C18H23N5OS. The van der Waals surface area contributed by atoms with Crippen molar-refractivity contribution in [3.8, 4) is 11.3 Å². The second-order valence-electron chi connectivity index (χ2n) is 6.57. The van der Waals surface area contributed by atoms with Crippen molar-refractivity contribution in [2.24, 2.45) is 0 Å². The number of rotatable bonds is 3. The fourth-order valence-electron chi connectivity index (χ4n) is 3.61. The average Bonchev–Trinajstić information content (AvgIpc) is 3.19. The molecule has 2 aliphatic heterocycles. The van der Waals surface area contributed by atoms with Gasteiger partial charge in [0, 0.05) is 50.2 Å². The number of nitrogens with zero attached hydrogens (tertiary/aromatic N) is 4. The van der Waals surface area contributed by atoms with Crippen molar-refractivity contribution in [2.45, 2.75) is 18.9 Å². The van der Waals surface area contributed by atoms with Crippen LogP contribution in [0.1, 0.15) is 23.3 Å². The lowest BCUT2D eigenvalue weighted by atomic mass is 10.1. The van der Waals surface area contributed by atoms with Gasteiger partial charge in [0.25, 0.3) is 5.91 Å². The summed E-state index contributed by atoms with van der Waals surface area (Å²) in [6, 6.07) is 6.34. The number of thioether (sulfide) groups is 1. The molecule has 0 spiro atoms. The first-order valence-electron chi connectivity index (χ1n) is 8.88. The molecule has 1 N–H and O–H groups in total. The zero-order chi connectivity index (χ0) is 17.1. The highest BCUT2D eigenvalue weighted by Gasteiger charge is 2.28. The van der Waals surface area contributed by atoms with Gasteiger partial charge in [0.2, 0.25) is 0 Å². The monoisotopic (exact) mass is 357 g/mol. The molecule has 0 unspecified atom stereocenters. The van der Waals surface area contributed by atoms with Gasteiger partial charge < -0.3 is 4.90 Å². The molecule has 0 atom stereocenters. The van der Waals surface area contributed by atoms with E-state index in [-0.39, 0.29) is 5.91 Å². The minimum absolute atomic E-state index is 0.0478. The first-order chi connectivity index (χ1) is 12.3. The van der Waals surface area contributed by atoms with Gasteiger partial charge in [-0.2, -0.15) is 16.9 Å². The Morgan fingerprint density at radius 2 is 1.84 bits per heavy atom. The van der Waals surface area contributed by atoms with Crippen LogP contribution in [0.3, 0.4) is 0 Å². The number of pyridine rings is 1. The molecular weight excluding hydrogens is 334 g/mol. The summed E-state index contributed by atoms with van der Waals surface area (Å²) >= 11 is 2.06. The van der Waals surface area contributed by atoms with Gasteiger partial charge in [0.1, 0.15) is 5.69 Å². The molecule has 1 amide bonds. The molecule has 0 saturated carbocycles. The van der Waals surface area contributed by atoms with Gasteiger partial charge in [-0.3, -0.25) is 19.8 Å². The number of aromatic amines is 1. The van der Waals surface area contributed by atoms with E-state index in [2.05, 4.69) is 31.8 Å². The van der Waals surface area contributed by atoms with Crippen LogP contribution in [0.4, 0.5) is 0 Å². The highest BCUT2D eigenvalue weighted by atomic mass is 32.2. The predicted molar refractivity (Wildman–Crippen MR) is 99.6 cm³/mol. The molecule has 132 valence electrons. The lowest BCUT2D eigenvalue weighted by molar-refractivity contribution is 0.0554. The van der Waals surface area contributed by atoms with Crippen LogP contribution in [0, 0.1) is 0 Å². The van der Waals surface area contributed by atoms with Crippen LogP contribution >= 0.6 is 11.8 Å². The van der Waals surface area contributed by atoms with E-state index in [1.165, 1.54) is 24.3 Å². The summed E-state index contributed by atoms with van der Waals surface area (Å²) in [4.78, 5) is 21.3. The zero-order valence-electron chi connectivity index (χ0n) is 14.2. The van der Waals surface area contributed by atoms with Gasteiger partial charge in [0.05, 0.1) is 5.69 Å². The van der Waals surface area contributed by atoms with Crippen molar-refractivity contribution in [3.63, 3.8) is 0 Å². The number of carbonyl (C=O) groups is 1. The lowest BCUT2D eigenvalue weighted by Gasteiger charge is -2.40. The van der Waals surface area contributed by atoms with E-state index in [4.69, 9.17) is 0 Å². The molecule has 0 radical (unpaired) electrons. The van der Waals surface area contributed by atoms with Gasteiger partial charge in [-0.1, -0.05) is 0 Å². The first kappa shape index (κ1) is 16.6. The van der Waals surface area contributed by atoms with E-state index < -0.39 is 0 Å². The van der Waals surface area contributed by atoms with Gasteiger partial charge in [-0.15, -0.1) is 0 Å². The second kappa shape index (κ2) is 7.58. The Morgan fingerprint density at radius 1 is 1.12 bits per heavy atom. The largest absolute Gasteiger partial charge is 0.335 e. The third kappa shape index (κ3) is 3.72. The number of H-pyrrole nitrogens is 1. The van der Waals surface area contributed by atoms with Crippen LogP contribution in [-0.2, 0) is 0 Å². The van der Waals surface area contributed by atoms with Crippen LogP contribution in [0.25, 0.3) is 11.3 Å². The van der Waals surface area contributed by atoms with Gasteiger partial charge in [0.15, 0.2) is 0 Å². The molecule has 2 saturated heterocycles. The Kier molecular flexibility index (Phi) is 5.03. The van der Waals surface area contributed by atoms with Crippen molar-refractivity contribution in [1.82, 2.24) is 25.0 Å². The van der Waals surface area contributed by atoms with Crippen molar-refractivity contribution >= 4 is 17.7 Å². The standard InChI is InChI=1S/C18H23N5OS/c24-18(17-13-16(20-21-17)14-1-5-19-6-2-14)23-9-7-22(8-10-23)15-3-11-25-12-4-15/h1-2,5-6,13,15H,3-4,7-12H2,(H,20,21). The topological polar surface area (TPSA) is 65.1 Å². The summed E-state index contributed by atoms with van der Waals surface area (Å²) in [7, 11) is 0. The fourth-order valence-corrected chi connectivity index (χ4v) is 4.69. The predicted octanol–water partition coefficient (Wildman–Crippen LogP) is 2.13. The summed E-state index contributed by atoms with van der Waals surface area (Å²) in [5.74, 6) is 2.59. The number of hydrogen-bond donors (Lipinski definition) is 1. The number of nitrogens with one attached hydrogen (secondary N) is 1. The number of aromatic nitrogens is 3. The number of piperazine rings is 1. The molecule has 4 heterocycles. The molecule has 2 aromatic rings. The Bertz CT molecular complexity index is 705. The molecule has 4 rings (SSSR count). The molecule has 2 fully saturated rings. The minimum Gasteiger partial charge on any atom is -0.335 e. The summed E-state index contributed by atoms with van der Waals surface area (Å²) in [5.41, 5.74) is 2.31. The summed E-state index contributed by atoms with van der Waals surface area (Å²) < 4.78 is 0. The van der Waals surface area contributed by atoms with Gasteiger partial charge >= 0.3 is 0 Å². The summed E-state index contributed by atoms with van der Waals surface area (Å²) in [6.07, 6.45) is 6.03. The van der Waals surface area contributed by atoms with Crippen molar-refractivity contribution in [3.05, 3.63) is 36.3 Å². The molecule has 25 heavy (non-hydrogen) atoms. The fraction of sp³-hybridized carbons (Fsp3) is 0.500. The number of hydrogen-bond acceptors (Lipinski definition) is 5. The van der Waals surface area contributed by atoms with E-state index in [0.717, 1.165) is 37.4 Å². The maximum atomic E-state index is 12.7. The van der Waals surface area contributed by atoms with E-state index in [1.54, 1.807) is 12.4 Å². The van der Waals surface area contributed by atoms with E-state index in [9.17, 15) is 4.79 Å².